The summed E-state index contributed by atoms with van der Waals surface area (Å²) in [6.07, 6.45) is -0.200. The van der Waals surface area contributed by atoms with Crippen LogP contribution in [-0.4, -0.2) is 101 Å². The molecule has 0 unspecified atom stereocenters. The Kier molecular flexibility index (Phi) is 16.1. The molecule has 4 heterocycles. The Hall–Kier alpha value is -7.23. The molecule has 64 heavy (non-hydrogen) atoms. The quantitative estimate of drug-likeness (QED) is 0.134. The van der Waals surface area contributed by atoms with Crippen molar-refractivity contribution in [2.24, 2.45) is 0 Å². The zero-order valence-electron chi connectivity index (χ0n) is 35.8. The van der Waals surface area contributed by atoms with Gasteiger partial charge in [-0.25, -0.2) is 28.3 Å². The number of halogens is 2. The molecule has 2 aromatic heterocycles. The Balaban J connectivity index is 0.000000170. The van der Waals surface area contributed by atoms with E-state index < -0.39 is 5.97 Å². The van der Waals surface area contributed by atoms with E-state index in [1.54, 1.807) is 71.6 Å². The molecule has 0 atom stereocenters. The summed E-state index contributed by atoms with van der Waals surface area (Å²) in [6, 6.07) is 36.4. The molecule has 8 rings (SSSR count). The SMILES string of the molecule is CC(C)(C)OC(=O)N1CCNCC1.O=C(O)c1cccc(-c2ccc(Oc3ccc(F)cc3)cc2)n1.O=C(c1cccc(-c2ccc(Oc3ccc(F)cc3)cc2)n1)N1CCNCC1. The third-order valence-corrected chi connectivity index (χ3v) is 9.51. The Bertz CT molecular complexity index is 2450. The molecule has 3 N–H and O–H groups in total. The van der Waals surface area contributed by atoms with Gasteiger partial charge in [0, 0.05) is 63.5 Å². The van der Waals surface area contributed by atoms with Crippen LogP contribution in [0.25, 0.3) is 22.5 Å². The second-order valence-corrected chi connectivity index (χ2v) is 15.5. The smallest absolute Gasteiger partial charge is 0.410 e. The van der Waals surface area contributed by atoms with Gasteiger partial charge in [-0.05, 0) is 142 Å². The number of piperazine rings is 2. The van der Waals surface area contributed by atoms with Crippen molar-refractivity contribution in [3.63, 3.8) is 0 Å². The highest BCUT2D eigenvalue weighted by Crippen LogP contribution is 2.27. The van der Waals surface area contributed by atoms with E-state index in [-0.39, 0.29) is 34.9 Å². The van der Waals surface area contributed by atoms with Crippen LogP contribution in [0.4, 0.5) is 13.6 Å². The van der Waals surface area contributed by atoms with E-state index in [0.29, 0.717) is 47.5 Å². The second-order valence-electron chi connectivity index (χ2n) is 15.5. The molecule has 0 bridgehead atoms. The van der Waals surface area contributed by atoms with Crippen LogP contribution in [0, 0.1) is 11.6 Å². The van der Waals surface area contributed by atoms with Gasteiger partial charge >= 0.3 is 12.1 Å². The molecule has 0 aliphatic carbocycles. The average Bonchev–Trinajstić information content (AvgIpc) is 3.31. The number of carbonyl (C=O) groups excluding carboxylic acids is 2. The van der Waals surface area contributed by atoms with E-state index in [4.69, 9.17) is 19.3 Å². The molecule has 2 saturated heterocycles. The van der Waals surface area contributed by atoms with Crippen LogP contribution in [0.15, 0.2) is 133 Å². The number of ether oxygens (including phenoxy) is 3. The Labute approximate surface area is 370 Å². The minimum Gasteiger partial charge on any atom is -0.477 e. The number of carboxylic acid groups (broad SMARTS) is 1. The van der Waals surface area contributed by atoms with Crippen molar-refractivity contribution in [1.82, 2.24) is 30.4 Å². The molecule has 4 aromatic carbocycles. The van der Waals surface area contributed by atoms with Crippen molar-refractivity contribution < 1.29 is 42.5 Å². The van der Waals surface area contributed by atoms with Crippen LogP contribution < -0.4 is 20.1 Å². The van der Waals surface area contributed by atoms with Crippen LogP contribution in [0.1, 0.15) is 41.7 Å². The number of rotatable bonds is 8. The molecule has 2 aliphatic heterocycles. The van der Waals surface area contributed by atoms with Gasteiger partial charge < -0.3 is 39.8 Å². The van der Waals surface area contributed by atoms with Gasteiger partial charge in [-0.15, -0.1) is 0 Å². The third-order valence-electron chi connectivity index (χ3n) is 9.51. The van der Waals surface area contributed by atoms with Gasteiger partial charge in [-0.1, -0.05) is 12.1 Å². The van der Waals surface area contributed by atoms with Gasteiger partial charge in [0.25, 0.3) is 5.91 Å². The standard InChI is InChI=1S/C22H20FN3O2.C18H12FNO3.C9H18N2O2/c23-17-6-10-19(11-7-17)28-18-8-4-16(5-9-18)20-2-1-3-21(25-20)22(27)26-14-12-24-13-15-26;19-13-6-10-15(11-7-13)23-14-8-4-12(5-9-14)16-2-1-3-17(20-16)18(21)22;1-9(2,3)13-8(12)11-6-4-10-5-7-11/h1-11,24H,12-15H2;1-11H,(H,21,22);10H,4-7H2,1-3H3. The predicted octanol–water partition coefficient (Wildman–Crippen LogP) is 8.93. The average molecular weight is 873 g/mol. The van der Waals surface area contributed by atoms with Gasteiger partial charge in [-0.3, -0.25) is 4.79 Å². The maximum atomic E-state index is 13.0. The van der Waals surface area contributed by atoms with Crippen LogP contribution >= 0.6 is 0 Å². The molecule has 0 saturated carbocycles. The predicted molar refractivity (Wildman–Crippen MR) is 239 cm³/mol. The van der Waals surface area contributed by atoms with Crippen molar-refractivity contribution in [2.75, 3.05) is 52.4 Å². The van der Waals surface area contributed by atoms with Crippen LogP contribution in [0.2, 0.25) is 0 Å². The molecule has 2 amide bonds. The fourth-order valence-corrected chi connectivity index (χ4v) is 6.30. The molecule has 2 fully saturated rings. The van der Waals surface area contributed by atoms with Crippen LogP contribution in [0.3, 0.4) is 0 Å². The molecule has 332 valence electrons. The molecule has 0 spiro atoms. The van der Waals surface area contributed by atoms with Gasteiger partial charge in [0.1, 0.15) is 51.6 Å². The summed E-state index contributed by atoms with van der Waals surface area (Å²) in [5, 5.41) is 15.4. The number of aromatic nitrogens is 2. The van der Waals surface area contributed by atoms with Gasteiger partial charge in [-0.2, -0.15) is 0 Å². The number of pyridine rings is 2. The summed E-state index contributed by atoms with van der Waals surface area (Å²) >= 11 is 0. The molecular weight excluding hydrogens is 823 g/mol. The fourth-order valence-electron chi connectivity index (χ4n) is 6.30. The van der Waals surface area contributed by atoms with Crippen molar-refractivity contribution in [3.05, 3.63) is 156 Å². The van der Waals surface area contributed by atoms with E-state index in [1.165, 1.54) is 30.3 Å². The maximum absolute atomic E-state index is 13.0. The third kappa shape index (κ3) is 14.2. The van der Waals surface area contributed by atoms with E-state index in [9.17, 15) is 23.2 Å². The largest absolute Gasteiger partial charge is 0.477 e. The highest BCUT2D eigenvalue weighted by molar-refractivity contribution is 5.93. The monoisotopic (exact) mass is 872 g/mol. The Morgan fingerprint density at radius 2 is 0.922 bits per heavy atom. The maximum Gasteiger partial charge on any atom is 0.410 e. The van der Waals surface area contributed by atoms with Gasteiger partial charge in [0.2, 0.25) is 0 Å². The first-order chi connectivity index (χ1) is 30.8. The molecular formula is C49H50F2N6O7. The number of benzene rings is 4. The lowest BCUT2D eigenvalue weighted by Crippen LogP contribution is -2.48. The summed E-state index contributed by atoms with van der Waals surface area (Å²) in [5.74, 6) is 0.600. The summed E-state index contributed by atoms with van der Waals surface area (Å²) in [5.41, 5.74) is 3.02. The lowest BCUT2D eigenvalue weighted by molar-refractivity contribution is 0.0228. The van der Waals surface area contributed by atoms with Crippen LogP contribution in [0.5, 0.6) is 23.0 Å². The van der Waals surface area contributed by atoms with E-state index >= 15 is 0 Å². The van der Waals surface area contributed by atoms with Crippen LogP contribution in [-0.2, 0) is 4.74 Å². The molecule has 13 nitrogen and oxygen atoms in total. The van der Waals surface area contributed by atoms with Crippen molar-refractivity contribution in [1.29, 1.82) is 0 Å². The zero-order valence-corrected chi connectivity index (χ0v) is 35.8. The highest BCUT2D eigenvalue weighted by atomic mass is 19.1. The van der Waals surface area contributed by atoms with E-state index in [1.807, 2.05) is 62.1 Å². The van der Waals surface area contributed by atoms with E-state index in [0.717, 1.165) is 56.1 Å². The van der Waals surface area contributed by atoms with Crippen molar-refractivity contribution in [2.45, 2.75) is 26.4 Å². The molecule has 15 heteroatoms. The van der Waals surface area contributed by atoms with Gasteiger partial charge in [0.15, 0.2) is 0 Å². The van der Waals surface area contributed by atoms with Crippen molar-refractivity contribution >= 4 is 18.0 Å². The number of carbonyl (C=O) groups is 3. The topological polar surface area (TPSA) is 155 Å². The van der Waals surface area contributed by atoms with Gasteiger partial charge in [0.05, 0.1) is 11.4 Å². The number of hydrogen-bond acceptors (Lipinski definition) is 10. The van der Waals surface area contributed by atoms with E-state index in [2.05, 4.69) is 20.6 Å². The number of hydrogen-bond donors (Lipinski definition) is 3. The Morgan fingerprint density at radius 3 is 1.33 bits per heavy atom. The summed E-state index contributed by atoms with van der Waals surface area (Å²) < 4.78 is 42.4. The minimum atomic E-state index is -1.07. The highest BCUT2D eigenvalue weighted by Gasteiger charge is 2.23. The summed E-state index contributed by atoms with van der Waals surface area (Å²) in [6.45, 7) is 11.9. The second kappa shape index (κ2) is 22.2. The number of carboxylic acids is 1. The first-order valence-corrected chi connectivity index (χ1v) is 20.7. The molecule has 0 radical (unpaired) electrons. The Morgan fingerprint density at radius 1 is 0.547 bits per heavy atom. The van der Waals surface area contributed by atoms with Crippen molar-refractivity contribution in [3.8, 4) is 45.5 Å². The molecule has 2 aliphatic rings. The number of nitrogens with zero attached hydrogens (tertiary/aromatic N) is 4. The lowest BCUT2D eigenvalue weighted by atomic mass is 10.1. The number of nitrogens with one attached hydrogen (secondary N) is 2. The first-order valence-electron chi connectivity index (χ1n) is 20.7. The zero-order chi connectivity index (χ0) is 45.5. The minimum absolute atomic E-state index is 0.00543. The lowest BCUT2D eigenvalue weighted by Gasteiger charge is -2.30. The summed E-state index contributed by atoms with van der Waals surface area (Å²) in [7, 11) is 0. The first kappa shape index (κ1) is 46.3. The molecule has 6 aromatic rings. The normalized spacial score (nSPS) is 13.6. The number of aromatic carboxylic acids is 1. The number of amides is 2. The summed E-state index contributed by atoms with van der Waals surface area (Å²) in [4.78, 5) is 47.3. The fraction of sp³-hybridized carbons (Fsp3) is 0.245.